The molecule has 0 saturated carbocycles. The third-order valence-corrected chi connectivity index (χ3v) is 2.74. The van der Waals surface area contributed by atoms with Crippen LogP contribution in [0.15, 0.2) is 48.8 Å². The summed E-state index contributed by atoms with van der Waals surface area (Å²) in [6.45, 7) is 0. The van der Waals surface area contributed by atoms with Crippen LogP contribution in [0.3, 0.4) is 0 Å². The second kappa shape index (κ2) is 4.41. The van der Waals surface area contributed by atoms with Crippen molar-refractivity contribution in [3.63, 3.8) is 0 Å². The molecule has 1 aliphatic heterocycles. The van der Waals surface area contributed by atoms with Gasteiger partial charge in [-0.3, -0.25) is 9.78 Å². The summed E-state index contributed by atoms with van der Waals surface area (Å²) < 4.78 is 0. The largest absolute Gasteiger partial charge is 0.338 e. The molecule has 0 spiro atoms. The van der Waals surface area contributed by atoms with E-state index < -0.39 is 6.03 Å². The minimum Gasteiger partial charge on any atom is -0.304 e. The lowest BCUT2D eigenvalue weighted by Gasteiger charge is -2.29. The van der Waals surface area contributed by atoms with E-state index in [9.17, 15) is 9.59 Å². The molecule has 19 heavy (non-hydrogen) atoms. The number of benzene rings is 1. The predicted molar refractivity (Wildman–Crippen MR) is 69.6 cm³/mol. The Labute approximate surface area is 109 Å². The Hall–Kier alpha value is -2.89. The van der Waals surface area contributed by atoms with Crippen molar-refractivity contribution in [2.24, 2.45) is 0 Å². The van der Waals surface area contributed by atoms with E-state index in [-0.39, 0.29) is 5.91 Å². The molecular weight excluding hydrogens is 244 g/mol. The highest BCUT2D eigenvalue weighted by atomic mass is 16.2. The molecule has 0 unspecified atom stereocenters. The highest BCUT2D eigenvalue weighted by Gasteiger charge is 2.26. The van der Waals surface area contributed by atoms with Crippen LogP contribution in [0.1, 0.15) is 10.4 Å². The fraction of sp³-hybridized carbons (Fsp3) is 0. The van der Waals surface area contributed by atoms with Crippen molar-refractivity contribution in [3.8, 4) is 0 Å². The topological polar surface area (TPSA) is 74.3 Å². The molecule has 2 N–H and O–H groups in total. The molecule has 94 valence electrons. The van der Waals surface area contributed by atoms with E-state index >= 15 is 0 Å². The quantitative estimate of drug-likeness (QED) is 0.814. The average molecular weight is 254 g/mol. The maximum atomic E-state index is 12.4. The van der Waals surface area contributed by atoms with E-state index in [2.05, 4.69) is 15.7 Å². The first-order chi connectivity index (χ1) is 9.25. The number of rotatable bonds is 1. The maximum Gasteiger partial charge on any atom is 0.338 e. The molecule has 2 aromatic rings. The first-order valence-corrected chi connectivity index (χ1v) is 5.67. The van der Waals surface area contributed by atoms with Gasteiger partial charge in [0, 0.05) is 18.0 Å². The van der Waals surface area contributed by atoms with Crippen molar-refractivity contribution in [2.75, 3.05) is 10.3 Å². The lowest BCUT2D eigenvalue weighted by Crippen LogP contribution is -2.51. The van der Waals surface area contributed by atoms with E-state index in [1.54, 1.807) is 36.4 Å². The van der Waals surface area contributed by atoms with Crippen LogP contribution in [-0.4, -0.2) is 16.9 Å². The number of anilines is 2. The zero-order valence-electron chi connectivity index (χ0n) is 9.83. The highest BCUT2D eigenvalue weighted by molar-refractivity contribution is 6.12. The number of carbonyl (C=O) groups is 2. The number of fused-ring (bicyclic) bond motifs is 1. The van der Waals surface area contributed by atoms with Gasteiger partial charge in [0.2, 0.25) is 0 Å². The average Bonchev–Trinajstić information content (AvgIpc) is 2.46. The summed E-state index contributed by atoms with van der Waals surface area (Å²) in [6, 6.07) is 9.82. The Balaban J connectivity index is 2.02. The van der Waals surface area contributed by atoms with Crippen molar-refractivity contribution >= 4 is 23.3 Å². The van der Waals surface area contributed by atoms with Gasteiger partial charge in [0.1, 0.15) is 0 Å². The zero-order chi connectivity index (χ0) is 13.2. The van der Waals surface area contributed by atoms with Gasteiger partial charge in [0.15, 0.2) is 0 Å². The van der Waals surface area contributed by atoms with E-state index in [0.29, 0.717) is 16.9 Å². The predicted octanol–water partition coefficient (Wildman–Crippen LogP) is 1.78. The van der Waals surface area contributed by atoms with Gasteiger partial charge in [-0.25, -0.2) is 15.2 Å². The van der Waals surface area contributed by atoms with Crippen LogP contribution in [0, 0.1) is 0 Å². The van der Waals surface area contributed by atoms with Crippen molar-refractivity contribution in [3.05, 3.63) is 54.4 Å². The molecule has 1 aliphatic rings. The molecule has 3 rings (SSSR count). The minimum absolute atomic E-state index is 0.315. The standard InChI is InChI=1S/C13H10N4O2/c18-12(9-5-7-14-8-6-9)17-11-4-2-1-3-10(11)15-13(19)16-17/h1-8H,(H2,15,16,19). The Kier molecular flexibility index (Phi) is 2.60. The highest BCUT2D eigenvalue weighted by Crippen LogP contribution is 2.28. The summed E-state index contributed by atoms with van der Waals surface area (Å²) >= 11 is 0. The maximum absolute atomic E-state index is 12.4. The number of pyridine rings is 1. The summed E-state index contributed by atoms with van der Waals surface area (Å²) in [4.78, 5) is 27.8. The van der Waals surface area contributed by atoms with Gasteiger partial charge in [-0.15, -0.1) is 0 Å². The van der Waals surface area contributed by atoms with Crippen LogP contribution in [0.25, 0.3) is 0 Å². The molecule has 2 heterocycles. The summed E-state index contributed by atoms with van der Waals surface area (Å²) in [5.74, 6) is -0.315. The van der Waals surface area contributed by atoms with Crippen LogP contribution in [0.5, 0.6) is 0 Å². The summed E-state index contributed by atoms with van der Waals surface area (Å²) in [7, 11) is 0. The first kappa shape index (κ1) is 11.2. The number of carbonyl (C=O) groups excluding carboxylic acids is 2. The molecule has 6 heteroatoms. The van der Waals surface area contributed by atoms with Crippen molar-refractivity contribution in [1.82, 2.24) is 10.4 Å². The molecular formula is C13H10N4O2. The molecule has 0 aliphatic carbocycles. The fourth-order valence-electron chi connectivity index (χ4n) is 1.87. The number of amides is 3. The first-order valence-electron chi connectivity index (χ1n) is 5.67. The molecule has 0 fully saturated rings. The van der Waals surface area contributed by atoms with Crippen LogP contribution in [0.4, 0.5) is 16.2 Å². The molecule has 6 nitrogen and oxygen atoms in total. The molecule has 1 aromatic heterocycles. The molecule has 1 aromatic carbocycles. The van der Waals surface area contributed by atoms with Crippen molar-refractivity contribution < 1.29 is 9.59 Å². The Morgan fingerprint density at radius 3 is 2.63 bits per heavy atom. The number of hydrogen-bond acceptors (Lipinski definition) is 3. The minimum atomic E-state index is -0.443. The van der Waals surface area contributed by atoms with Gasteiger partial charge < -0.3 is 5.32 Å². The summed E-state index contributed by atoms with van der Waals surface area (Å²) in [5, 5.41) is 3.87. The van der Waals surface area contributed by atoms with Gasteiger partial charge in [0.25, 0.3) is 5.91 Å². The molecule has 0 saturated heterocycles. The SMILES string of the molecule is O=C1Nc2ccccc2N(C(=O)c2ccncc2)N1. The number of aromatic nitrogens is 1. The molecule has 3 amide bonds. The Morgan fingerprint density at radius 2 is 1.84 bits per heavy atom. The van der Waals surface area contributed by atoms with Crippen LogP contribution in [-0.2, 0) is 0 Å². The van der Waals surface area contributed by atoms with E-state index in [0.717, 1.165) is 0 Å². The fourth-order valence-corrected chi connectivity index (χ4v) is 1.87. The second-order valence-electron chi connectivity index (χ2n) is 3.96. The summed E-state index contributed by atoms with van der Waals surface area (Å²) in [5.41, 5.74) is 4.13. The third-order valence-electron chi connectivity index (χ3n) is 2.74. The van der Waals surface area contributed by atoms with Gasteiger partial charge >= 0.3 is 6.03 Å². The number of nitrogens with one attached hydrogen (secondary N) is 2. The lowest BCUT2D eigenvalue weighted by molar-refractivity contribution is 0.0976. The van der Waals surface area contributed by atoms with Crippen LogP contribution in [0.2, 0.25) is 0 Å². The molecule has 0 atom stereocenters. The third kappa shape index (κ3) is 1.99. The van der Waals surface area contributed by atoms with E-state index in [1.165, 1.54) is 17.4 Å². The van der Waals surface area contributed by atoms with E-state index in [1.807, 2.05) is 0 Å². The van der Waals surface area contributed by atoms with Gasteiger partial charge in [-0.1, -0.05) is 12.1 Å². The van der Waals surface area contributed by atoms with E-state index in [4.69, 9.17) is 0 Å². The summed E-state index contributed by atoms with van der Waals surface area (Å²) in [6.07, 6.45) is 3.06. The molecule has 0 bridgehead atoms. The van der Waals surface area contributed by atoms with Crippen LogP contribution < -0.4 is 15.8 Å². The normalized spacial score (nSPS) is 13.3. The zero-order valence-corrected chi connectivity index (χ0v) is 9.83. The van der Waals surface area contributed by atoms with Gasteiger partial charge in [-0.2, -0.15) is 0 Å². The monoisotopic (exact) mass is 254 g/mol. The number of nitrogens with zero attached hydrogens (tertiary/aromatic N) is 2. The Bertz CT molecular complexity index is 642. The number of urea groups is 1. The van der Waals surface area contributed by atoms with Crippen LogP contribution >= 0.6 is 0 Å². The van der Waals surface area contributed by atoms with Crippen molar-refractivity contribution in [2.45, 2.75) is 0 Å². The Morgan fingerprint density at radius 1 is 1.11 bits per heavy atom. The van der Waals surface area contributed by atoms with Gasteiger partial charge in [0.05, 0.1) is 11.4 Å². The number of hydrazine groups is 1. The lowest BCUT2D eigenvalue weighted by atomic mass is 10.2. The number of hydrogen-bond donors (Lipinski definition) is 2. The molecule has 0 radical (unpaired) electrons. The smallest absolute Gasteiger partial charge is 0.304 e. The van der Waals surface area contributed by atoms with Gasteiger partial charge in [-0.05, 0) is 24.3 Å². The van der Waals surface area contributed by atoms with Crippen molar-refractivity contribution in [1.29, 1.82) is 0 Å². The number of para-hydroxylation sites is 2. The second-order valence-corrected chi connectivity index (χ2v) is 3.96.